The van der Waals surface area contributed by atoms with Crippen molar-refractivity contribution in [2.75, 3.05) is 33.2 Å². The first kappa shape index (κ1) is 19.5. The Bertz CT molecular complexity index is 877. The maximum absolute atomic E-state index is 12.3. The van der Waals surface area contributed by atoms with Gasteiger partial charge in [0.2, 0.25) is 0 Å². The molecule has 1 aliphatic rings. The Labute approximate surface area is 164 Å². The highest BCUT2D eigenvalue weighted by atomic mass is 16.5. The van der Waals surface area contributed by atoms with Crippen LogP contribution in [0.2, 0.25) is 0 Å². The third-order valence-corrected chi connectivity index (χ3v) is 4.98. The van der Waals surface area contributed by atoms with E-state index < -0.39 is 5.97 Å². The van der Waals surface area contributed by atoms with Gasteiger partial charge in [0.25, 0.3) is 0 Å². The molecule has 7 nitrogen and oxygen atoms in total. The van der Waals surface area contributed by atoms with Crippen molar-refractivity contribution < 1.29 is 23.8 Å². The lowest BCUT2D eigenvalue weighted by atomic mass is 9.95. The molecule has 0 heterocycles. The average molecular weight is 384 g/mol. The zero-order valence-electron chi connectivity index (χ0n) is 16.2. The van der Waals surface area contributed by atoms with Crippen LogP contribution in [0.3, 0.4) is 0 Å². The second kappa shape index (κ2) is 8.21. The third-order valence-electron chi connectivity index (χ3n) is 4.98. The molecule has 0 bridgehead atoms. The van der Waals surface area contributed by atoms with E-state index in [2.05, 4.69) is 10.6 Å². The van der Waals surface area contributed by atoms with Crippen molar-refractivity contribution in [2.24, 2.45) is 0 Å². The zero-order chi connectivity index (χ0) is 20.1. The topological polar surface area (TPSA) is 85.9 Å². The van der Waals surface area contributed by atoms with E-state index in [9.17, 15) is 9.59 Å². The van der Waals surface area contributed by atoms with Gasteiger partial charge in [-0.05, 0) is 48.7 Å². The summed E-state index contributed by atoms with van der Waals surface area (Å²) in [6.07, 6.45) is 1.97. The van der Waals surface area contributed by atoms with Gasteiger partial charge in [0.15, 0.2) is 11.5 Å². The van der Waals surface area contributed by atoms with Gasteiger partial charge >= 0.3 is 12.0 Å². The molecule has 2 N–H and O–H groups in total. The van der Waals surface area contributed by atoms with Crippen molar-refractivity contribution in [1.82, 2.24) is 5.32 Å². The number of carbonyl (C=O) groups is 2. The molecule has 7 heteroatoms. The number of rotatable bonds is 7. The fourth-order valence-corrected chi connectivity index (χ4v) is 3.15. The van der Waals surface area contributed by atoms with Crippen LogP contribution in [0.1, 0.15) is 28.8 Å². The molecule has 3 rings (SSSR count). The molecule has 2 aromatic rings. The SMILES string of the molecule is COC(=O)c1cccc(NC(=O)NCC2(c3ccc(OC)c(OC)c3)CC2)c1. The minimum atomic E-state index is -0.450. The van der Waals surface area contributed by atoms with Crippen LogP contribution in [0.15, 0.2) is 42.5 Å². The molecule has 0 spiro atoms. The molecule has 148 valence electrons. The number of amides is 2. The average Bonchev–Trinajstić information content (AvgIpc) is 3.52. The largest absolute Gasteiger partial charge is 0.493 e. The van der Waals surface area contributed by atoms with E-state index in [0.29, 0.717) is 29.3 Å². The molecular formula is C21H24N2O5. The second-order valence-electron chi connectivity index (χ2n) is 6.73. The summed E-state index contributed by atoms with van der Waals surface area (Å²) in [6, 6.07) is 12.1. The molecule has 0 saturated heterocycles. The van der Waals surface area contributed by atoms with Crippen LogP contribution in [0.4, 0.5) is 10.5 Å². The predicted octanol–water partition coefficient (Wildman–Crippen LogP) is 3.34. The summed E-state index contributed by atoms with van der Waals surface area (Å²) in [5, 5.41) is 5.67. The number of urea groups is 1. The Balaban J connectivity index is 1.62. The van der Waals surface area contributed by atoms with Crippen molar-refractivity contribution >= 4 is 17.7 Å². The lowest BCUT2D eigenvalue weighted by molar-refractivity contribution is 0.0600. The first-order valence-corrected chi connectivity index (χ1v) is 8.97. The van der Waals surface area contributed by atoms with Crippen molar-refractivity contribution in [2.45, 2.75) is 18.3 Å². The van der Waals surface area contributed by atoms with E-state index >= 15 is 0 Å². The van der Waals surface area contributed by atoms with Crippen LogP contribution < -0.4 is 20.1 Å². The number of methoxy groups -OCH3 is 3. The molecule has 1 saturated carbocycles. The van der Waals surface area contributed by atoms with Gasteiger partial charge in [0, 0.05) is 17.6 Å². The molecule has 28 heavy (non-hydrogen) atoms. The lowest BCUT2D eigenvalue weighted by Gasteiger charge is -2.19. The van der Waals surface area contributed by atoms with Crippen LogP contribution in [0, 0.1) is 0 Å². The molecule has 0 atom stereocenters. The summed E-state index contributed by atoms with van der Waals surface area (Å²) < 4.78 is 15.4. The van der Waals surface area contributed by atoms with Gasteiger partial charge in [0.05, 0.1) is 26.9 Å². The normalized spacial score (nSPS) is 14.0. The minimum absolute atomic E-state index is 0.0925. The standard InChI is InChI=1S/C21H24N2O5/c1-26-17-8-7-15(12-18(17)27-2)21(9-10-21)13-22-20(25)23-16-6-4-5-14(11-16)19(24)28-3/h4-8,11-12H,9-10,13H2,1-3H3,(H2,22,23,25). The second-order valence-corrected chi connectivity index (χ2v) is 6.73. The van der Waals surface area contributed by atoms with Crippen LogP contribution in [0.25, 0.3) is 0 Å². The smallest absolute Gasteiger partial charge is 0.337 e. The molecule has 2 amide bonds. The molecule has 1 fully saturated rings. The summed E-state index contributed by atoms with van der Waals surface area (Å²) in [5.74, 6) is 0.906. The molecule has 0 aliphatic heterocycles. The van der Waals surface area contributed by atoms with E-state index in [4.69, 9.17) is 14.2 Å². The Morgan fingerprint density at radius 1 is 1.00 bits per heavy atom. The quantitative estimate of drug-likeness (QED) is 0.715. The first-order valence-electron chi connectivity index (χ1n) is 8.97. The van der Waals surface area contributed by atoms with Gasteiger partial charge in [-0.25, -0.2) is 9.59 Å². The monoisotopic (exact) mass is 384 g/mol. The maximum Gasteiger partial charge on any atom is 0.337 e. The Hall–Kier alpha value is -3.22. The van der Waals surface area contributed by atoms with Gasteiger partial charge < -0.3 is 24.8 Å². The van der Waals surface area contributed by atoms with Gasteiger partial charge in [0.1, 0.15) is 0 Å². The predicted molar refractivity (Wildman–Crippen MR) is 105 cm³/mol. The summed E-state index contributed by atoms with van der Waals surface area (Å²) in [4.78, 5) is 23.9. The lowest BCUT2D eigenvalue weighted by Crippen LogP contribution is -2.35. The van der Waals surface area contributed by atoms with Gasteiger partial charge in [-0.1, -0.05) is 12.1 Å². The third kappa shape index (κ3) is 4.19. The highest BCUT2D eigenvalue weighted by Gasteiger charge is 2.44. The van der Waals surface area contributed by atoms with Crippen LogP contribution in [-0.2, 0) is 10.2 Å². The van der Waals surface area contributed by atoms with Crippen LogP contribution in [-0.4, -0.2) is 39.9 Å². The first-order chi connectivity index (χ1) is 13.5. The van der Waals surface area contributed by atoms with Crippen LogP contribution >= 0.6 is 0 Å². The number of anilines is 1. The summed E-state index contributed by atoms with van der Waals surface area (Å²) in [7, 11) is 4.53. The number of ether oxygens (including phenoxy) is 3. The minimum Gasteiger partial charge on any atom is -0.493 e. The molecule has 0 aromatic heterocycles. The van der Waals surface area contributed by atoms with Crippen LogP contribution in [0.5, 0.6) is 11.5 Å². The Morgan fingerprint density at radius 3 is 2.39 bits per heavy atom. The van der Waals surface area contributed by atoms with E-state index in [1.807, 2.05) is 18.2 Å². The number of hydrogen-bond acceptors (Lipinski definition) is 5. The van der Waals surface area contributed by atoms with Crippen molar-refractivity contribution in [3.63, 3.8) is 0 Å². The van der Waals surface area contributed by atoms with Gasteiger partial charge in [-0.3, -0.25) is 0 Å². The highest BCUT2D eigenvalue weighted by molar-refractivity contribution is 5.93. The van der Waals surface area contributed by atoms with E-state index in [0.717, 1.165) is 18.4 Å². The van der Waals surface area contributed by atoms with Crippen molar-refractivity contribution in [1.29, 1.82) is 0 Å². The highest BCUT2D eigenvalue weighted by Crippen LogP contribution is 2.49. The number of esters is 1. The molecular weight excluding hydrogens is 360 g/mol. The molecule has 0 unspecified atom stereocenters. The molecule has 2 aromatic carbocycles. The van der Waals surface area contributed by atoms with Gasteiger partial charge in [-0.15, -0.1) is 0 Å². The summed E-state index contributed by atoms with van der Waals surface area (Å²) in [5.41, 5.74) is 1.92. The number of nitrogens with one attached hydrogen (secondary N) is 2. The van der Waals surface area contributed by atoms with E-state index in [1.54, 1.807) is 38.5 Å². The number of hydrogen-bond donors (Lipinski definition) is 2. The molecule has 1 aliphatic carbocycles. The van der Waals surface area contributed by atoms with Gasteiger partial charge in [-0.2, -0.15) is 0 Å². The maximum atomic E-state index is 12.3. The zero-order valence-corrected chi connectivity index (χ0v) is 16.2. The summed E-state index contributed by atoms with van der Waals surface area (Å²) >= 11 is 0. The van der Waals surface area contributed by atoms with Crippen molar-refractivity contribution in [3.05, 3.63) is 53.6 Å². The molecule has 0 radical (unpaired) electrons. The number of carbonyl (C=O) groups excluding carboxylic acids is 2. The van der Waals surface area contributed by atoms with Crippen molar-refractivity contribution in [3.8, 4) is 11.5 Å². The Kier molecular flexibility index (Phi) is 5.73. The van der Waals surface area contributed by atoms with E-state index in [1.165, 1.54) is 7.11 Å². The fourth-order valence-electron chi connectivity index (χ4n) is 3.15. The summed E-state index contributed by atoms with van der Waals surface area (Å²) in [6.45, 7) is 0.505. The Morgan fingerprint density at radius 2 is 1.75 bits per heavy atom. The van der Waals surface area contributed by atoms with E-state index in [-0.39, 0.29) is 11.4 Å². The number of benzene rings is 2. The fraction of sp³-hybridized carbons (Fsp3) is 0.333.